The van der Waals surface area contributed by atoms with Crippen molar-refractivity contribution in [1.29, 1.82) is 0 Å². The van der Waals surface area contributed by atoms with Crippen molar-refractivity contribution in [1.82, 2.24) is 0 Å². The van der Waals surface area contributed by atoms with Crippen LogP contribution in [0.25, 0.3) is 0 Å². The highest BCUT2D eigenvalue weighted by Crippen LogP contribution is 2.29. The Labute approximate surface area is 105 Å². The van der Waals surface area contributed by atoms with E-state index >= 15 is 0 Å². The van der Waals surface area contributed by atoms with Crippen molar-refractivity contribution in [3.05, 3.63) is 54.3 Å². The van der Waals surface area contributed by atoms with Gasteiger partial charge in [0.15, 0.2) is 0 Å². The molecule has 0 N–H and O–H groups in total. The SMILES string of the molecule is CN(C)c1ccc(Sc2cccc(F)c2)cc1. The van der Waals surface area contributed by atoms with Crippen LogP contribution in [0.15, 0.2) is 58.3 Å². The molecule has 17 heavy (non-hydrogen) atoms. The molecule has 0 saturated heterocycles. The zero-order chi connectivity index (χ0) is 12.3. The zero-order valence-corrected chi connectivity index (χ0v) is 10.7. The maximum absolute atomic E-state index is 13.0. The molecule has 3 heteroatoms. The second-order valence-corrected chi connectivity index (χ2v) is 5.09. The molecule has 88 valence electrons. The summed E-state index contributed by atoms with van der Waals surface area (Å²) in [7, 11) is 4.02. The molecule has 1 nitrogen and oxygen atoms in total. The zero-order valence-electron chi connectivity index (χ0n) is 9.85. The topological polar surface area (TPSA) is 3.24 Å². The number of rotatable bonds is 3. The summed E-state index contributed by atoms with van der Waals surface area (Å²) in [4.78, 5) is 4.08. The van der Waals surface area contributed by atoms with Crippen molar-refractivity contribution in [3.8, 4) is 0 Å². The molecule has 0 spiro atoms. The number of anilines is 1. The summed E-state index contributed by atoms with van der Waals surface area (Å²) < 4.78 is 13.0. The van der Waals surface area contributed by atoms with Crippen LogP contribution in [0.5, 0.6) is 0 Å². The fraction of sp³-hybridized carbons (Fsp3) is 0.143. The molecule has 2 rings (SSSR count). The molecule has 2 aromatic carbocycles. The first-order chi connectivity index (χ1) is 8.15. The summed E-state index contributed by atoms with van der Waals surface area (Å²) in [6.07, 6.45) is 0. The lowest BCUT2D eigenvalue weighted by atomic mass is 10.3. The van der Waals surface area contributed by atoms with Crippen molar-refractivity contribution in [2.45, 2.75) is 9.79 Å². The quantitative estimate of drug-likeness (QED) is 0.805. The summed E-state index contributed by atoms with van der Waals surface area (Å²) in [5.74, 6) is -0.195. The number of benzene rings is 2. The first-order valence-electron chi connectivity index (χ1n) is 5.36. The Hall–Kier alpha value is -1.48. The van der Waals surface area contributed by atoms with Gasteiger partial charge in [-0.1, -0.05) is 17.8 Å². The normalized spacial score (nSPS) is 10.3. The molecule has 0 aliphatic carbocycles. The predicted octanol–water partition coefficient (Wildman–Crippen LogP) is 4.04. The van der Waals surface area contributed by atoms with Crippen LogP contribution in [-0.4, -0.2) is 14.1 Å². The lowest BCUT2D eigenvalue weighted by molar-refractivity contribution is 0.624. The summed E-state index contributed by atoms with van der Waals surface area (Å²) in [6, 6.07) is 14.8. The van der Waals surface area contributed by atoms with E-state index in [0.717, 1.165) is 15.5 Å². The van der Waals surface area contributed by atoms with Crippen molar-refractivity contribution < 1.29 is 4.39 Å². The highest BCUT2D eigenvalue weighted by atomic mass is 32.2. The van der Waals surface area contributed by atoms with Gasteiger partial charge >= 0.3 is 0 Å². The molecule has 0 atom stereocenters. The van der Waals surface area contributed by atoms with Crippen molar-refractivity contribution >= 4 is 17.4 Å². The van der Waals surface area contributed by atoms with Gasteiger partial charge in [0, 0.05) is 29.6 Å². The van der Waals surface area contributed by atoms with Crippen molar-refractivity contribution in [3.63, 3.8) is 0 Å². The molecule has 0 unspecified atom stereocenters. The highest BCUT2D eigenvalue weighted by molar-refractivity contribution is 7.99. The molecule has 0 amide bonds. The van der Waals surface area contributed by atoms with E-state index in [1.807, 2.05) is 32.3 Å². The highest BCUT2D eigenvalue weighted by Gasteiger charge is 2.00. The van der Waals surface area contributed by atoms with Gasteiger partial charge in [0.25, 0.3) is 0 Å². The van der Waals surface area contributed by atoms with E-state index in [0.29, 0.717) is 0 Å². The minimum absolute atomic E-state index is 0.195. The van der Waals surface area contributed by atoms with Gasteiger partial charge in [-0.05, 0) is 42.5 Å². The monoisotopic (exact) mass is 247 g/mol. The Morgan fingerprint density at radius 2 is 1.65 bits per heavy atom. The summed E-state index contributed by atoms with van der Waals surface area (Å²) in [6.45, 7) is 0. The molecule has 0 aliphatic heterocycles. The lowest BCUT2D eigenvalue weighted by Gasteiger charge is -2.12. The Bertz CT molecular complexity index is 494. The van der Waals surface area contributed by atoms with E-state index in [4.69, 9.17) is 0 Å². The Morgan fingerprint density at radius 1 is 0.941 bits per heavy atom. The standard InChI is InChI=1S/C14H14FNS/c1-16(2)12-6-8-13(9-7-12)17-14-5-3-4-11(15)10-14/h3-10H,1-2H3. The van der Waals surface area contributed by atoms with E-state index in [-0.39, 0.29) is 5.82 Å². The fourth-order valence-corrected chi connectivity index (χ4v) is 2.34. The Balaban J connectivity index is 2.14. The Morgan fingerprint density at radius 3 is 2.24 bits per heavy atom. The molecule has 0 heterocycles. The van der Waals surface area contributed by atoms with Crippen molar-refractivity contribution in [2.75, 3.05) is 19.0 Å². The number of halogens is 1. The molecular weight excluding hydrogens is 233 g/mol. The molecule has 0 radical (unpaired) electrons. The third-order valence-electron chi connectivity index (χ3n) is 2.38. The van der Waals surface area contributed by atoms with E-state index in [1.54, 1.807) is 23.9 Å². The van der Waals surface area contributed by atoms with Crippen LogP contribution in [0.3, 0.4) is 0 Å². The third-order valence-corrected chi connectivity index (χ3v) is 3.38. The number of nitrogens with zero attached hydrogens (tertiary/aromatic N) is 1. The minimum atomic E-state index is -0.195. The van der Waals surface area contributed by atoms with Crippen LogP contribution in [-0.2, 0) is 0 Å². The summed E-state index contributed by atoms with van der Waals surface area (Å²) in [5.41, 5.74) is 1.16. The molecule has 0 saturated carbocycles. The van der Waals surface area contributed by atoms with E-state index in [1.165, 1.54) is 6.07 Å². The van der Waals surface area contributed by atoms with E-state index in [2.05, 4.69) is 17.0 Å². The van der Waals surface area contributed by atoms with Gasteiger partial charge in [-0.3, -0.25) is 0 Å². The van der Waals surface area contributed by atoms with Crippen LogP contribution in [0.2, 0.25) is 0 Å². The van der Waals surface area contributed by atoms with Gasteiger partial charge in [-0.2, -0.15) is 0 Å². The second-order valence-electron chi connectivity index (χ2n) is 3.95. The fourth-order valence-electron chi connectivity index (χ4n) is 1.48. The largest absolute Gasteiger partial charge is 0.378 e. The average molecular weight is 247 g/mol. The van der Waals surface area contributed by atoms with E-state index < -0.39 is 0 Å². The molecular formula is C14H14FNS. The molecule has 0 bridgehead atoms. The van der Waals surface area contributed by atoms with Gasteiger partial charge in [0.1, 0.15) is 5.82 Å². The molecule has 0 fully saturated rings. The molecule has 0 aliphatic rings. The minimum Gasteiger partial charge on any atom is -0.378 e. The van der Waals surface area contributed by atoms with Crippen LogP contribution in [0.1, 0.15) is 0 Å². The molecule has 2 aromatic rings. The van der Waals surface area contributed by atoms with Gasteiger partial charge in [0.2, 0.25) is 0 Å². The van der Waals surface area contributed by atoms with Gasteiger partial charge in [0.05, 0.1) is 0 Å². The number of hydrogen-bond donors (Lipinski definition) is 0. The lowest BCUT2D eigenvalue weighted by Crippen LogP contribution is -2.07. The third kappa shape index (κ3) is 3.24. The summed E-state index contributed by atoms with van der Waals surface area (Å²) in [5, 5.41) is 0. The molecule has 0 aromatic heterocycles. The van der Waals surface area contributed by atoms with Crippen LogP contribution in [0, 0.1) is 5.82 Å². The van der Waals surface area contributed by atoms with Crippen LogP contribution in [0.4, 0.5) is 10.1 Å². The maximum Gasteiger partial charge on any atom is 0.124 e. The summed E-state index contributed by atoms with van der Waals surface area (Å²) >= 11 is 1.56. The van der Waals surface area contributed by atoms with Crippen LogP contribution >= 0.6 is 11.8 Å². The van der Waals surface area contributed by atoms with Gasteiger partial charge < -0.3 is 4.90 Å². The number of hydrogen-bond acceptors (Lipinski definition) is 2. The predicted molar refractivity (Wildman–Crippen MR) is 71.3 cm³/mol. The van der Waals surface area contributed by atoms with Crippen LogP contribution < -0.4 is 4.90 Å². The van der Waals surface area contributed by atoms with Crippen molar-refractivity contribution in [2.24, 2.45) is 0 Å². The smallest absolute Gasteiger partial charge is 0.124 e. The Kier molecular flexibility index (Phi) is 3.69. The first-order valence-corrected chi connectivity index (χ1v) is 6.17. The van der Waals surface area contributed by atoms with E-state index in [9.17, 15) is 4.39 Å². The van der Waals surface area contributed by atoms with Gasteiger partial charge in [-0.15, -0.1) is 0 Å². The van der Waals surface area contributed by atoms with Gasteiger partial charge in [-0.25, -0.2) is 4.39 Å². The maximum atomic E-state index is 13.0. The second kappa shape index (κ2) is 5.23. The first kappa shape index (κ1) is 12.0. The average Bonchev–Trinajstić information content (AvgIpc) is 2.29.